The van der Waals surface area contributed by atoms with E-state index in [1.807, 2.05) is 11.4 Å². The Hall–Kier alpha value is -1.73. The van der Waals surface area contributed by atoms with Gasteiger partial charge in [-0.05, 0) is 33.4 Å². The van der Waals surface area contributed by atoms with Crippen molar-refractivity contribution in [2.24, 2.45) is 0 Å². The van der Waals surface area contributed by atoms with Crippen LogP contribution in [0.1, 0.15) is 15.2 Å². The van der Waals surface area contributed by atoms with Crippen LogP contribution in [-0.2, 0) is 6.54 Å². The third-order valence-corrected chi connectivity index (χ3v) is 4.37. The van der Waals surface area contributed by atoms with Crippen molar-refractivity contribution in [2.75, 3.05) is 0 Å². The fourth-order valence-electron chi connectivity index (χ4n) is 1.53. The van der Waals surface area contributed by atoms with E-state index in [0.29, 0.717) is 6.54 Å². The van der Waals surface area contributed by atoms with Gasteiger partial charge in [-0.15, -0.1) is 11.3 Å². The van der Waals surface area contributed by atoms with Crippen molar-refractivity contribution in [3.63, 3.8) is 0 Å². The number of nitro groups is 1. The van der Waals surface area contributed by atoms with Crippen molar-refractivity contribution in [3.8, 4) is 0 Å². The SMILES string of the molecule is O=C(NCc1sccc1Br)c1ccccc1[N+](=O)[O-]. The van der Waals surface area contributed by atoms with Gasteiger partial charge in [0.1, 0.15) is 5.56 Å². The Morgan fingerprint density at radius 2 is 2.11 bits per heavy atom. The van der Waals surface area contributed by atoms with Gasteiger partial charge < -0.3 is 5.32 Å². The Kier molecular flexibility index (Phi) is 4.28. The number of para-hydroxylation sites is 1. The maximum atomic E-state index is 12.0. The summed E-state index contributed by atoms with van der Waals surface area (Å²) < 4.78 is 0.917. The molecule has 2 rings (SSSR count). The molecule has 0 saturated carbocycles. The average molecular weight is 341 g/mol. The number of rotatable bonds is 4. The van der Waals surface area contributed by atoms with Crippen LogP contribution in [0.2, 0.25) is 0 Å². The lowest BCUT2D eigenvalue weighted by Gasteiger charge is -2.04. The first-order chi connectivity index (χ1) is 9.09. The zero-order valence-electron chi connectivity index (χ0n) is 9.63. The molecule has 1 aromatic carbocycles. The number of nitrogens with zero attached hydrogens (tertiary/aromatic N) is 1. The van der Waals surface area contributed by atoms with Gasteiger partial charge in [0.15, 0.2) is 0 Å². The molecule has 0 saturated heterocycles. The molecule has 0 aliphatic carbocycles. The van der Waals surface area contributed by atoms with Crippen LogP contribution in [-0.4, -0.2) is 10.8 Å². The summed E-state index contributed by atoms with van der Waals surface area (Å²) in [5.74, 6) is -0.451. The molecule has 0 unspecified atom stereocenters. The third-order valence-electron chi connectivity index (χ3n) is 2.45. The Labute approximate surface area is 121 Å². The lowest BCUT2D eigenvalue weighted by molar-refractivity contribution is -0.385. The number of nitrogens with one attached hydrogen (secondary N) is 1. The van der Waals surface area contributed by atoms with Crippen molar-refractivity contribution in [1.29, 1.82) is 0 Å². The molecule has 1 aromatic heterocycles. The van der Waals surface area contributed by atoms with Gasteiger partial charge in [0.25, 0.3) is 11.6 Å². The second-order valence-corrected chi connectivity index (χ2v) is 5.50. The molecule has 0 spiro atoms. The van der Waals surface area contributed by atoms with E-state index >= 15 is 0 Å². The first kappa shape index (κ1) is 13.7. The summed E-state index contributed by atoms with van der Waals surface area (Å²) in [6.07, 6.45) is 0. The van der Waals surface area contributed by atoms with Gasteiger partial charge in [-0.3, -0.25) is 14.9 Å². The van der Waals surface area contributed by atoms with Crippen molar-refractivity contribution >= 4 is 38.9 Å². The molecule has 0 bridgehead atoms. The molecular weight excluding hydrogens is 332 g/mol. The number of amides is 1. The zero-order valence-corrected chi connectivity index (χ0v) is 12.0. The van der Waals surface area contributed by atoms with E-state index in [4.69, 9.17) is 0 Å². The number of carbonyl (C=O) groups excluding carboxylic acids is 1. The van der Waals surface area contributed by atoms with E-state index in [0.717, 1.165) is 9.35 Å². The van der Waals surface area contributed by atoms with E-state index in [2.05, 4.69) is 21.2 Å². The molecular formula is C12H9BrN2O3S. The van der Waals surface area contributed by atoms with E-state index in [1.54, 1.807) is 6.07 Å². The Balaban J connectivity index is 2.13. The molecule has 2 aromatic rings. The van der Waals surface area contributed by atoms with Crippen molar-refractivity contribution < 1.29 is 9.72 Å². The van der Waals surface area contributed by atoms with Crippen molar-refractivity contribution in [3.05, 3.63) is 60.7 Å². The quantitative estimate of drug-likeness (QED) is 0.685. The molecule has 5 nitrogen and oxygen atoms in total. The smallest absolute Gasteiger partial charge is 0.282 e. The molecule has 1 N–H and O–H groups in total. The third kappa shape index (κ3) is 3.18. The second-order valence-electron chi connectivity index (χ2n) is 3.65. The largest absolute Gasteiger partial charge is 0.347 e. The minimum absolute atomic E-state index is 0.0696. The van der Waals surface area contributed by atoms with Gasteiger partial charge in [-0.25, -0.2) is 0 Å². The van der Waals surface area contributed by atoms with Crippen LogP contribution in [0.3, 0.4) is 0 Å². The van der Waals surface area contributed by atoms with Crippen molar-refractivity contribution in [1.82, 2.24) is 5.32 Å². The number of hydrogen-bond donors (Lipinski definition) is 1. The lowest BCUT2D eigenvalue weighted by atomic mass is 10.1. The van der Waals surface area contributed by atoms with Crippen molar-refractivity contribution in [2.45, 2.75) is 6.54 Å². The van der Waals surface area contributed by atoms with E-state index in [9.17, 15) is 14.9 Å². The molecule has 0 radical (unpaired) electrons. The molecule has 19 heavy (non-hydrogen) atoms. The number of carbonyl (C=O) groups is 1. The van der Waals surface area contributed by atoms with Crippen LogP contribution in [0.15, 0.2) is 40.2 Å². The van der Waals surface area contributed by atoms with E-state index < -0.39 is 10.8 Å². The summed E-state index contributed by atoms with van der Waals surface area (Å²) >= 11 is 4.86. The molecule has 0 aliphatic heterocycles. The highest BCUT2D eigenvalue weighted by Crippen LogP contribution is 2.23. The first-order valence-corrected chi connectivity index (χ1v) is 7.00. The fourth-order valence-corrected chi connectivity index (χ4v) is 2.96. The van der Waals surface area contributed by atoms with Crippen LogP contribution in [0.5, 0.6) is 0 Å². The maximum Gasteiger partial charge on any atom is 0.282 e. The zero-order chi connectivity index (χ0) is 13.8. The summed E-state index contributed by atoms with van der Waals surface area (Å²) in [7, 11) is 0. The highest BCUT2D eigenvalue weighted by atomic mass is 79.9. The second kappa shape index (κ2) is 5.94. The predicted octanol–water partition coefficient (Wildman–Crippen LogP) is 3.35. The molecule has 0 fully saturated rings. The Morgan fingerprint density at radius 1 is 1.37 bits per heavy atom. The number of thiophene rings is 1. The summed E-state index contributed by atoms with van der Waals surface area (Å²) in [6.45, 7) is 0.336. The summed E-state index contributed by atoms with van der Waals surface area (Å²) in [5.41, 5.74) is -0.120. The maximum absolute atomic E-state index is 12.0. The van der Waals surface area contributed by atoms with Gasteiger partial charge in [-0.2, -0.15) is 0 Å². The Bertz CT molecular complexity index is 627. The van der Waals surface area contributed by atoms with Crippen LogP contribution < -0.4 is 5.32 Å². The minimum Gasteiger partial charge on any atom is -0.347 e. The molecule has 7 heteroatoms. The average Bonchev–Trinajstić information content (AvgIpc) is 2.81. The highest BCUT2D eigenvalue weighted by Gasteiger charge is 2.18. The van der Waals surface area contributed by atoms with Gasteiger partial charge in [0.05, 0.1) is 11.5 Å². The molecule has 98 valence electrons. The predicted molar refractivity (Wildman–Crippen MR) is 76.3 cm³/mol. The van der Waals surface area contributed by atoms with Crippen LogP contribution in [0.4, 0.5) is 5.69 Å². The van der Waals surface area contributed by atoms with Gasteiger partial charge >= 0.3 is 0 Å². The highest BCUT2D eigenvalue weighted by molar-refractivity contribution is 9.10. The van der Waals surface area contributed by atoms with Gasteiger partial charge in [-0.1, -0.05) is 12.1 Å². The fraction of sp³-hybridized carbons (Fsp3) is 0.0833. The van der Waals surface area contributed by atoms with Gasteiger partial charge in [0.2, 0.25) is 0 Å². The Morgan fingerprint density at radius 3 is 2.74 bits per heavy atom. The van der Waals surface area contributed by atoms with Crippen LogP contribution in [0, 0.1) is 10.1 Å². The first-order valence-electron chi connectivity index (χ1n) is 5.33. The number of hydrogen-bond acceptors (Lipinski definition) is 4. The standard InChI is InChI=1S/C12H9BrN2O3S/c13-9-5-6-19-11(9)7-14-12(16)8-3-1-2-4-10(8)15(17)18/h1-6H,7H2,(H,14,16). The molecule has 0 atom stereocenters. The number of nitro benzene ring substituents is 1. The summed E-state index contributed by atoms with van der Waals surface area (Å²) in [6, 6.07) is 7.78. The molecule has 1 heterocycles. The number of halogens is 1. The van der Waals surface area contributed by atoms with E-state index in [1.165, 1.54) is 29.5 Å². The van der Waals surface area contributed by atoms with Crippen LogP contribution in [0.25, 0.3) is 0 Å². The molecule has 0 aliphatic rings. The number of benzene rings is 1. The lowest BCUT2D eigenvalue weighted by Crippen LogP contribution is -2.23. The van der Waals surface area contributed by atoms with Gasteiger partial charge in [0, 0.05) is 15.4 Å². The normalized spacial score (nSPS) is 10.2. The summed E-state index contributed by atoms with van der Waals surface area (Å²) in [4.78, 5) is 23.2. The monoisotopic (exact) mass is 340 g/mol. The minimum atomic E-state index is -0.560. The topological polar surface area (TPSA) is 72.2 Å². The molecule has 1 amide bonds. The summed E-state index contributed by atoms with van der Waals surface area (Å²) in [5, 5.41) is 15.4. The van der Waals surface area contributed by atoms with E-state index in [-0.39, 0.29) is 11.3 Å². The van der Waals surface area contributed by atoms with Crippen LogP contribution >= 0.6 is 27.3 Å².